The zero-order valence-electron chi connectivity index (χ0n) is 9.22. The molecule has 0 atom stereocenters. The summed E-state index contributed by atoms with van der Waals surface area (Å²) in [5.74, 6) is -0.934. The van der Waals surface area contributed by atoms with E-state index in [9.17, 15) is 4.79 Å². The largest absolute Gasteiger partial charge is 0.478 e. The summed E-state index contributed by atoms with van der Waals surface area (Å²) in [6.45, 7) is 1.92. The highest BCUT2D eigenvalue weighted by atomic mass is 79.9. The standard InChI is InChI=1S/C12H11BrN2O2/c1-8-10(6-13)7-15(14-8)11-4-2-3-9(5-11)12(16)17/h2-5,7H,6H2,1H3,(H,16,17). The molecule has 0 amide bonds. The summed E-state index contributed by atoms with van der Waals surface area (Å²) in [5, 5.41) is 14.0. The van der Waals surface area contributed by atoms with Crippen LogP contribution in [0.2, 0.25) is 0 Å². The topological polar surface area (TPSA) is 55.1 Å². The third-order valence-electron chi connectivity index (χ3n) is 2.50. The second kappa shape index (κ2) is 4.71. The van der Waals surface area contributed by atoms with Gasteiger partial charge in [-0.3, -0.25) is 0 Å². The smallest absolute Gasteiger partial charge is 0.335 e. The lowest BCUT2D eigenvalue weighted by Gasteiger charge is -2.02. The molecule has 88 valence electrons. The first kappa shape index (κ1) is 11.9. The molecule has 2 rings (SSSR count). The summed E-state index contributed by atoms with van der Waals surface area (Å²) in [5.41, 5.74) is 3.03. The minimum Gasteiger partial charge on any atom is -0.478 e. The number of aryl methyl sites for hydroxylation is 1. The zero-order valence-corrected chi connectivity index (χ0v) is 10.8. The van der Waals surface area contributed by atoms with E-state index in [1.807, 2.05) is 19.2 Å². The lowest BCUT2D eigenvalue weighted by molar-refractivity contribution is 0.0697. The monoisotopic (exact) mass is 294 g/mol. The molecule has 1 N–H and O–H groups in total. The maximum absolute atomic E-state index is 10.9. The molecule has 0 spiro atoms. The van der Waals surface area contributed by atoms with Crippen LogP contribution < -0.4 is 0 Å². The van der Waals surface area contributed by atoms with Gasteiger partial charge in [0.1, 0.15) is 0 Å². The molecule has 0 bridgehead atoms. The number of carbonyl (C=O) groups is 1. The average molecular weight is 295 g/mol. The predicted octanol–water partition coefficient (Wildman–Crippen LogP) is 2.77. The fraction of sp³-hybridized carbons (Fsp3) is 0.167. The molecule has 1 aromatic carbocycles. The van der Waals surface area contributed by atoms with Gasteiger partial charge < -0.3 is 5.11 Å². The van der Waals surface area contributed by atoms with Crippen LogP contribution in [0.25, 0.3) is 5.69 Å². The van der Waals surface area contributed by atoms with E-state index in [-0.39, 0.29) is 5.56 Å². The SMILES string of the molecule is Cc1nn(-c2cccc(C(=O)O)c2)cc1CBr. The highest BCUT2D eigenvalue weighted by Crippen LogP contribution is 2.15. The van der Waals surface area contributed by atoms with Gasteiger partial charge in [-0.15, -0.1) is 0 Å². The van der Waals surface area contributed by atoms with Crippen LogP contribution in [-0.2, 0) is 5.33 Å². The van der Waals surface area contributed by atoms with Gasteiger partial charge in [-0.1, -0.05) is 22.0 Å². The Balaban J connectivity index is 2.45. The van der Waals surface area contributed by atoms with Crippen molar-refractivity contribution < 1.29 is 9.90 Å². The molecule has 0 saturated heterocycles. The van der Waals surface area contributed by atoms with Gasteiger partial charge in [0.15, 0.2) is 0 Å². The molecule has 0 radical (unpaired) electrons. The average Bonchev–Trinajstić information content (AvgIpc) is 2.71. The van der Waals surface area contributed by atoms with Gasteiger partial charge in [0, 0.05) is 17.1 Å². The van der Waals surface area contributed by atoms with E-state index in [1.165, 1.54) is 0 Å². The molecule has 0 fully saturated rings. The minimum absolute atomic E-state index is 0.260. The summed E-state index contributed by atoms with van der Waals surface area (Å²) in [4.78, 5) is 10.9. The maximum atomic E-state index is 10.9. The number of carboxylic acid groups (broad SMARTS) is 1. The number of nitrogens with zero attached hydrogens (tertiary/aromatic N) is 2. The van der Waals surface area contributed by atoms with Crippen molar-refractivity contribution in [3.8, 4) is 5.69 Å². The Labute approximate surface area is 107 Å². The molecular weight excluding hydrogens is 284 g/mol. The van der Waals surface area contributed by atoms with Crippen molar-refractivity contribution in [1.82, 2.24) is 9.78 Å². The number of halogens is 1. The summed E-state index contributed by atoms with van der Waals surface area (Å²) < 4.78 is 1.69. The number of hydrogen-bond acceptors (Lipinski definition) is 2. The minimum atomic E-state index is -0.934. The molecule has 17 heavy (non-hydrogen) atoms. The van der Waals surface area contributed by atoms with Crippen LogP contribution in [0.15, 0.2) is 30.5 Å². The van der Waals surface area contributed by atoms with Crippen LogP contribution in [0.5, 0.6) is 0 Å². The molecule has 5 heteroatoms. The van der Waals surface area contributed by atoms with Crippen molar-refractivity contribution >= 4 is 21.9 Å². The Morgan fingerprint density at radius 1 is 1.53 bits per heavy atom. The van der Waals surface area contributed by atoms with Crippen LogP contribution in [0.1, 0.15) is 21.6 Å². The lowest BCUT2D eigenvalue weighted by Crippen LogP contribution is -2.00. The van der Waals surface area contributed by atoms with Crippen LogP contribution in [-0.4, -0.2) is 20.9 Å². The van der Waals surface area contributed by atoms with Crippen LogP contribution in [0, 0.1) is 6.92 Å². The first-order valence-electron chi connectivity index (χ1n) is 5.06. The Bertz CT molecular complexity index is 563. The molecule has 0 aliphatic rings. The number of benzene rings is 1. The fourth-order valence-electron chi connectivity index (χ4n) is 1.54. The van der Waals surface area contributed by atoms with E-state index in [4.69, 9.17) is 5.11 Å². The number of alkyl halides is 1. The van der Waals surface area contributed by atoms with E-state index in [2.05, 4.69) is 21.0 Å². The summed E-state index contributed by atoms with van der Waals surface area (Å²) in [7, 11) is 0. The second-order valence-corrected chi connectivity index (χ2v) is 4.23. The maximum Gasteiger partial charge on any atom is 0.335 e. The van der Waals surface area contributed by atoms with E-state index >= 15 is 0 Å². The molecule has 0 unspecified atom stereocenters. The molecular formula is C12H11BrN2O2. The van der Waals surface area contributed by atoms with Crippen LogP contribution >= 0.6 is 15.9 Å². The molecule has 1 aromatic heterocycles. The van der Waals surface area contributed by atoms with E-state index in [0.717, 1.165) is 22.3 Å². The number of aromatic carboxylic acids is 1. The van der Waals surface area contributed by atoms with Gasteiger partial charge in [0.05, 0.1) is 16.9 Å². The molecule has 0 aliphatic carbocycles. The van der Waals surface area contributed by atoms with Gasteiger partial charge in [0.2, 0.25) is 0 Å². The zero-order chi connectivity index (χ0) is 12.4. The van der Waals surface area contributed by atoms with Crippen molar-refractivity contribution in [3.63, 3.8) is 0 Å². The molecule has 1 heterocycles. The van der Waals surface area contributed by atoms with Crippen molar-refractivity contribution in [1.29, 1.82) is 0 Å². The third-order valence-corrected chi connectivity index (χ3v) is 3.11. The highest BCUT2D eigenvalue weighted by molar-refractivity contribution is 9.08. The Hall–Kier alpha value is -1.62. The van der Waals surface area contributed by atoms with Crippen molar-refractivity contribution in [2.24, 2.45) is 0 Å². The van der Waals surface area contributed by atoms with E-state index in [1.54, 1.807) is 22.9 Å². The van der Waals surface area contributed by atoms with Crippen molar-refractivity contribution in [2.75, 3.05) is 0 Å². The Morgan fingerprint density at radius 2 is 2.29 bits per heavy atom. The fourth-order valence-corrected chi connectivity index (χ4v) is 2.09. The Kier molecular flexibility index (Phi) is 3.28. The number of hydrogen-bond donors (Lipinski definition) is 1. The lowest BCUT2D eigenvalue weighted by atomic mass is 10.2. The summed E-state index contributed by atoms with van der Waals surface area (Å²) in [6.07, 6.45) is 1.89. The molecule has 4 nitrogen and oxygen atoms in total. The van der Waals surface area contributed by atoms with Crippen molar-refractivity contribution in [3.05, 3.63) is 47.3 Å². The molecule has 2 aromatic rings. The van der Waals surface area contributed by atoms with E-state index < -0.39 is 5.97 Å². The van der Waals surface area contributed by atoms with Crippen molar-refractivity contribution in [2.45, 2.75) is 12.3 Å². The summed E-state index contributed by atoms with van der Waals surface area (Å²) in [6, 6.07) is 6.71. The normalized spacial score (nSPS) is 10.5. The van der Waals surface area contributed by atoms with Crippen LogP contribution in [0.4, 0.5) is 0 Å². The van der Waals surface area contributed by atoms with Gasteiger partial charge >= 0.3 is 5.97 Å². The van der Waals surface area contributed by atoms with Gasteiger partial charge in [-0.25, -0.2) is 9.48 Å². The van der Waals surface area contributed by atoms with Gasteiger partial charge in [0.25, 0.3) is 0 Å². The highest BCUT2D eigenvalue weighted by Gasteiger charge is 2.07. The van der Waals surface area contributed by atoms with Gasteiger partial charge in [-0.05, 0) is 25.1 Å². The first-order valence-corrected chi connectivity index (χ1v) is 6.19. The second-order valence-electron chi connectivity index (χ2n) is 3.67. The van der Waals surface area contributed by atoms with Gasteiger partial charge in [-0.2, -0.15) is 5.10 Å². The molecule has 0 aliphatic heterocycles. The third kappa shape index (κ3) is 2.39. The number of aromatic nitrogens is 2. The quantitative estimate of drug-likeness (QED) is 0.886. The molecule has 0 saturated carbocycles. The number of carboxylic acids is 1. The van der Waals surface area contributed by atoms with E-state index in [0.29, 0.717) is 0 Å². The number of rotatable bonds is 3. The summed E-state index contributed by atoms with van der Waals surface area (Å²) >= 11 is 3.38. The Morgan fingerprint density at radius 3 is 2.88 bits per heavy atom. The first-order chi connectivity index (χ1) is 8.11. The predicted molar refractivity (Wildman–Crippen MR) is 67.9 cm³/mol. The van der Waals surface area contributed by atoms with Crippen LogP contribution in [0.3, 0.4) is 0 Å².